The van der Waals surface area contributed by atoms with Gasteiger partial charge in [0.15, 0.2) is 0 Å². The van der Waals surface area contributed by atoms with E-state index in [1.54, 1.807) is 0 Å². The molecule has 9 rings (SSSR count). The fourth-order valence-corrected chi connectivity index (χ4v) is 14.6. The van der Waals surface area contributed by atoms with Gasteiger partial charge in [0.05, 0.1) is 23.7 Å². The number of hydrogen-bond acceptors (Lipinski definition) is 2. The van der Waals surface area contributed by atoms with Crippen LogP contribution >= 0.6 is 15.2 Å². The zero-order valence-corrected chi connectivity index (χ0v) is 30.9. The van der Waals surface area contributed by atoms with Crippen LogP contribution in [0.4, 0.5) is 22.7 Å². The number of benzene rings is 8. The van der Waals surface area contributed by atoms with Crippen molar-refractivity contribution in [1.29, 1.82) is 0 Å². The normalized spacial score (nSPS) is 17.1. The van der Waals surface area contributed by atoms with Crippen LogP contribution in [0.15, 0.2) is 182 Å². The summed E-state index contributed by atoms with van der Waals surface area (Å²) in [6, 6.07) is 68.1. The van der Waals surface area contributed by atoms with Crippen LogP contribution in [0.3, 0.4) is 0 Å². The summed E-state index contributed by atoms with van der Waals surface area (Å²) in [4.78, 5) is 5.03. The largest absolute Gasteiger partial charge is 0.341 e. The van der Waals surface area contributed by atoms with Gasteiger partial charge in [0, 0.05) is 41.2 Å². The zero-order chi connectivity index (χ0) is 34.5. The number of para-hydroxylation sites is 2. The minimum atomic E-state index is -2.26. The maximum atomic E-state index is 2.56. The molecule has 246 valence electrons. The molecule has 0 fully saturated rings. The van der Waals surface area contributed by atoms with Crippen molar-refractivity contribution in [3.63, 3.8) is 0 Å². The zero-order valence-electron chi connectivity index (χ0n) is 29.1. The van der Waals surface area contributed by atoms with Crippen LogP contribution in [0.5, 0.6) is 0 Å². The first kappa shape index (κ1) is 31.7. The Hall–Kier alpha value is -5.26. The van der Waals surface area contributed by atoms with Crippen LogP contribution in [0.1, 0.15) is 0 Å². The maximum Gasteiger partial charge on any atom is 0.128 e. The van der Waals surface area contributed by atoms with E-state index >= 15 is 0 Å². The van der Waals surface area contributed by atoms with Gasteiger partial charge < -0.3 is 9.80 Å². The monoisotopic (exact) mass is 693 g/mol. The molecule has 2 unspecified atom stereocenters. The summed E-state index contributed by atoms with van der Waals surface area (Å²) in [5, 5.41) is 13.2. The SMILES string of the molecule is CN1c2ccccc2P(c2ccccc2)c2ccc3ccccc3c2N(C)c2c(ccc3ccccc23)[P+](C)(c2ccccc2)c2ccccc21. The molecule has 0 spiro atoms. The van der Waals surface area contributed by atoms with Gasteiger partial charge in [0.1, 0.15) is 23.2 Å². The molecule has 1 aliphatic heterocycles. The first-order chi connectivity index (χ1) is 25.1. The van der Waals surface area contributed by atoms with E-state index in [0.29, 0.717) is 0 Å². The van der Waals surface area contributed by atoms with Crippen molar-refractivity contribution in [3.8, 4) is 0 Å². The lowest BCUT2D eigenvalue weighted by atomic mass is 10.0. The van der Waals surface area contributed by atoms with Crippen LogP contribution in [-0.2, 0) is 0 Å². The number of anilines is 4. The smallest absolute Gasteiger partial charge is 0.128 e. The Kier molecular flexibility index (Phi) is 7.96. The van der Waals surface area contributed by atoms with Crippen molar-refractivity contribution in [3.05, 3.63) is 182 Å². The molecule has 0 aliphatic carbocycles. The number of hydrogen-bond donors (Lipinski definition) is 0. The van der Waals surface area contributed by atoms with E-state index in [4.69, 9.17) is 0 Å². The lowest BCUT2D eigenvalue weighted by Crippen LogP contribution is -2.38. The Bertz CT molecular complexity index is 2550. The first-order valence-corrected chi connectivity index (χ1v) is 21.1. The molecule has 0 radical (unpaired) electrons. The summed E-state index contributed by atoms with van der Waals surface area (Å²) in [6.07, 6.45) is 0. The quantitative estimate of drug-likeness (QED) is 0.167. The average molecular weight is 694 g/mol. The highest BCUT2D eigenvalue weighted by molar-refractivity contribution is 7.95. The Balaban J connectivity index is 1.51. The molecule has 8 aromatic rings. The Morgan fingerprint density at radius 2 is 0.961 bits per heavy atom. The standard InChI is InChI=1S/C47H39N2P2/c1-48-40-26-14-16-28-42(40)50(36-20-6-4-7-21-36)43-32-30-34-18-10-12-24-38(34)46(43)49(2)47-39-25-13-11-19-35(39)31-33-45(47)51(3,37-22-8-5-9-23-37)44-29-17-15-27-41(44)48/h4-33H,1-3H3/q+1. The van der Waals surface area contributed by atoms with Crippen LogP contribution in [-0.4, -0.2) is 20.8 Å². The highest BCUT2D eigenvalue weighted by atomic mass is 31.2. The second-order valence-corrected chi connectivity index (χ2v) is 19.1. The van der Waals surface area contributed by atoms with Gasteiger partial charge in [-0.2, -0.15) is 0 Å². The molecule has 0 saturated heterocycles. The van der Waals surface area contributed by atoms with Crippen molar-refractivity contribution in [2.24, 2.45) is 0 Å². The third-order valence-electron chi connectivity index (χ3n) is 10.6. The fourth-order valence-electron chi connectivity index (χ4n) is 8.16. The molecule has 0 aromatic heterocycles. The molecule has 2 nitrogen and oxygen atoms in total. The first-order valence-electron chi connectivity index (χ1n) is 17.5. The van der Waals surface area contributed by atoms with E-state index in [1.807, 2.05) is 0 Å². The van der Waals surface area contributed by atoms with Crippen molar-refractivity contribution in [2.45, 2.75) is 0 Å². The molecular formula is C47H39N2P2+. The molecule has 1 heterocycles. The third kappa shape index (κ3) is 5.09. The Morgan fingerprint density at radius 1 is 0.412 bits per heavy atom. The highest BCUT2D eigenvalue weighted by Gasteiger charge is 2.46. The summed E-state index contributed by atoms with van der Waals surface area (Å²) < 4.78 is 0. The van der Waals surface area contributed by atoms with Gasteiger partial charge in [-0.05, 0) is 60.4 Å². The van der Waals surface area contributed by atoms with Crippen molar-refractivity contribution in [1.82, 2.24) is 0 Å². The van der Waals surface area contributed by atoms with Crippen molar-refractivity contribution >= 4 is 91.3 Å². The van der Waals surface area contributed by atoms with E-state index in [1.165, 1.54) is 76.1 Å². The van der Waals surface area contributed by atoms with Crippen molar-refractivity contribution < 1.29 is 0 Å². The molecule has 0 bridgehead atoms. The molecule has 0 saturated carbocycles. The number of fused-ring (bicyclic) bond motifs is 8. The molecular weight excluding hydrogens is 654 g/mol. The Morgan fingerprint density at radius 3 is 1.69 bits per heavy atom. The summed E-state index contributed by atoms with van der Waals surface area (Å²) in [5.41, 5.74) is 5.03. The minimum absolute atomic E-state index is 0.982. The van der Waals surface area contributed by atoms with Crippen LogP contribution in [0, 0.1) is 0 Å². The van der Waals surface area contributed by atoms with Gasteiger partial charge in [-0.3, -0.25) is 0 Å². The Labute approximate surface area is 302 Å². The predicted octanol–water partition coefficient (Wildman–Crippen LogP) is 9.52. The third-order valence-corrected chi connectivity index (χ3v) is 17.2. The van der Waals surface area contributed by atoms with Crippen molar-refractivity contribution in [2.75, 3.05) is 30.6 Å². The summed E-state index contributed by atoms with van der Waals surface area (Å²) in [7, 11) is 1.35. The van der Waals surface area contributed by atoms with Gasteiger partial charge in [-0.1, -0.05) is 146 Å². The second kappa shape index (κ2) is 12.8. The summed E-state index contributed by atoms with van der Waals surface area (Å²) >= 11 is 0. The second-order valence-electron chi connectivity index (χ2n) is 13.4. The molecule has 0 N–H and O–H groups in total. The number of nitrogens with zero attached hydrogens (tertiary/aromatic N) is 2. The maximum absolute atomic E-state index is 2.56. The summed E-state index contributed by atoms with van der Waals surface area (Å²) in [6.45, 7) is 2.54. The van der Waals surface area contributed by atoms with Crippen LogP contribution in [0.2, 0.25) is 0 Å². The van der Waals surface area contributed by atoms with E-state index in [-0.39, 0.29) is 0 Å². The van der Waals surface area contributed by atoms with Gasteiger partial charge in [0.25, 0.3) is 0 Å². The highest BCUT2D eigenvalue weighted by Crippen LogP contribution is 2.58. The summed E-state index contributed by atoms with van der Waals surface area (Å²) in [5.74, 6) is 0. The minimum Gasteiger partial charge on any atom is -0.341 e. The lowest BCUT2D eigenvalue weighted by Gasteiger charge is -2.36. The lowest BCUT2D eigenvalue weighted by molar-refractivity contribution is 1.23. The fraction of sp³-hybridized carbons (Fsp3) is 0.0638. The van der Waals surface area contributed by atoms with Gasteiger partial charge in [0.2, 0.25) is 0 Å². The number of rotatable bonds is 2. The molecule has 8 aromatic carbocycles. The molecule has 2 atom stereocenters. The van der Waals surface area contributed by atoms with Crippen LogP contribution in [0.25, 0.3) is 21.5 Å². The predicted molar refractivity (Wildman–Crippen MR) is 227 cm³/mol. The molecule has 4 heteroatoms. The van der Waals surface area contributed by atoms with Gasteiger partial charge in [-0.25, -0.2) is 0 Å². The van der Waals surface area contributed by atoms with E-state index in [0.717, 1.165) is 0 Å². The molecule has 0 amide bonds. The molecule has 1 aliphatic rings. The van der Waals surface area contributed by atoms with E-state index in [2.05, 4.69) is 213 Å². The molecule has 51 heavy (non-hydrogen) atoms. The topological polar surface area (TPSA) is 6.48 Å². The van der Waals surface area contributed by atoms with Crippen LogP contribution < -0.4 is 41.6 Å². The van der Waals surface area contributed by atoms with E-state index < -0.39 is 15.2 Å². The van der Waals surface area contributed by atoms with E-state index in [9.17, 15) is 0 Å². The van der Waals surface area contributed by atoms with Gasteiger partial charge >= 0.3 is 0 Å². The van der Waals surface area contributed by atoms with Gasteiger partial charge in [-0.15, -0.1) is 0 Å². The average Bonchev–Trinajstić information content (AvgIpc) is 3.20.